The van der Waals surface area contributed by atoms with E-state index in [0.29, 0.717) is 6.32 Å². The highest BCUT2D eigenvalue weighted by molar-refractivity contribution is 6.44. The molecule has 1 fully saturated rings. The predicted octanol–water partition coefficient (Wildman–Crippen LogP) is 2.21. The van der Waals surface area contributed by atoms with Crippen molar-refractivity contribution >= 4 is 12.9 Å². The van der Waals surface area contributed by atoms with Gasteiger partial charge in [0.15, 0.2) is 0 Å². The SMILES string of the molecule is Cc1c(C[B]C#N)nc2ccc(C3CC3)cn12. The Morgan fingerprint density at radius 1 is 1.53 bits per heavy atom. The van der Waals surface area contributed by atoms with E-state index in [1.165, 1.54) is 18.4 Å². The largest absolute Gasteiger partial charge is 0.304 e. The Morgan fingerprint density at radius 3 is 3.06 bits per heavy atom. The topological polar surface area (TPSA) is 41.1 Å². The second-order valence-corrected chi connectivity index (χ2v) is 4.65. The number of aryl methyl sites for hydroxylation is 1. The third-order valence-corrected chi connectivity index (χ3v) is 3.41. The lowest BCUT2D eigenvalue weighted by Gasteiger charge is -2.01. The zero-order chi connectivity index (χ0) is 11.8. The van der Waals surface area contributed by atoms with Crippen LogP contribution in [0.4, 0.5) is 0 Å². The number of pyridine rings is 1. The fourth-order valence-electron chi connectivity index (χ4n) is 2.22. The maximum Gasteiger partial charge on any atom is 0.261 e. The van der Waals surface area contributed by atoms with E-state index in [2.05, 4.69) is 40.6 Å². The standard InChI is InChI=1S/C13H13BN3/c1-9-12(6-14-8-15)16-13-5-4-11(7-17(9)13)10-2-3-10/h4-5,7,10H,2-3,6H2,1H3. The molecule has 0 bridgehead atoms. The number of imidazole rings is 1. The van der Waals surface area contributed by atoms with Gasteiger partial charge in [-0.3, -0.25) is 0 Å². The van der Waals surface area contributed by atoms with Gasteiger partial charge in [-0.25, -0.2) is 10.2 Å². The first kappa shape index (κ1) is 10.4. The second-order valence-electron chi connectivity index (χ2n) is 4.65. The number of fused-ring (bicyclic) bond motifs is 1. The lowest BCUT2D eigenvalue weighted by Crippen LogP contribution is -1.97. The molecule has 1 aliphatic carbocycles. The van der Waals surface area contributed by atoms with Crippen molar-refractivity contribution in [2.24, 2.45) is 0 Å². The van der Waals surface area contributed by atoms with Gasteiger partial charge in [-0.2, -0.15) is 0 Å². The quantitative estimate of drug-likeness (QED) is 0.747. The fourth-order valence-corrected chi connectivity index (χ4v) is 2.22. The van der Waals surface area contributed by atoms with Gasteiger partial charge in [0.2, 0.25) is 0 Å². The maximum absolute atomic E-state index is 8.58. The molecular weight excluding hydrogens is 209 g/mol. The Hall–Kier alpha value is -1.76. The molecule has 1 aliphatic rings. The molecule has 3 rings (SSSR count). The molecule has 2 aromatic heterocycles. The minimum atomic E-state index is 0.628. The molecule has 0 saturated heterocycles. The van der Waals surface area contributed by atoms with Gasteiger partial charge in [-0.15, -0.1) is 0 Å². The van der Waals surface area contributed by atoms with Crippen LogP contribution in [0.2, 0.25) is 0 Å². The van der Waals surface area contributed by atoms with Crippen molar-refractivity contribution in [3.8, 4) is 5.97 Å². The van der Waals surface area contributed by atoms with E-state index >= 15 is 0 Å². The lowest BCUT2D eigenvalue weighted by atomic mass is 9.75. The second kappa shape index (κ2) is 3.92. The van der Waals surface area contributed by atoms with E-state index in [4.69, 9.17) is 5.26 Å². The number of nitriles is 1. The van der Waals surface area contributed by atoms with E-state index in [9.17, 15) is 0 Å². The highest BCUT2D eigenvalue weighted by Crippen LogP contribution is 2.40. The fraction of sp³-hybridized carbons (Fsp3) is 0.385. The summed E-state index contributed by atoms with van der Waals surface area (Å²) in [7, 11) is 1.59. The van der Waals surface area contributed by atoms with Crippen molar-refractivity contribution in [3.63, 3.8) is 0 Å². The zero-order valence-electron chi connectivity index (χ0n) is 9.85. The third kappa shape index (κ3) is 1.82. The van der Waals surface area contributed by atoms with Crippen LogP contribution in [0.5, 0.6) is 0 Å². The molecule has 4 heteroatoms. The van der Waals surface area contributed by atoms with E-state index < -0.39 is 0 Å². The van der Waals surface area contributed by atoms with Crippen molar-refractivity contribution in [2.45, 2.75) is 32.0 Å². The number of aromatic nitrogens is 2. The summed E-state index contributed by atoms with van der Waals surface area (Å²) >= 11 is 0. The summed E-state index contributed by atoms with van der Waals surface area (Å²) in [6, 6.07) is 4.26. The van der Waals surface area contributed by atoms with Gasteiger partial charge in [-0.05, 0) is 49.6 Å². The van der Waals surface area contributed by atoms with Gasteiger partial charge in [0.05, 0.1) is 5.69 Å². The average molecular weight is 222 g/mol. The highest BCUT2D eigenvalue weighted by atomic mass is 15.0. The number of nitrogens with zero attached hydrogens (tertiary/aromatic N) is 3. The number of hydrogen-bond acceptors (Lipinski definition) is 2. The van der Waals surface area contributed by atoms with Gasteiger partial charge in [0.1, 0.15) is 5.65 Å². The molecule has 17 heavy (non-hydrogen) atoms. The highest BCUT2D eigenvalue weighted by Gasteiger charge is 2.24. The zero-order valence-corrected chi connectivity index (χ0v) is 9.85. The summed E-state index contributed by atoms with van der Waals surface area (Å²) in [4.78, 5) is 4.55. The minimum Gasteiger partial charge on any atom is -0.304 e. The molecule has 0 amide bonds. The molecule has 1 saturated carbocycles. The Kier molecular flexibility index (Phi) is 2.40. The van der Waals surface area contributed by atoms with Crippen molar-refractivity contribution in [3.05, 3.63) is 35.3 Å². The van der Waals surface area contributed by atoms with Gasteiger partial charge < -0.3 is 4.40 Å². The lowest BCUT2D eigenvalue weighted by molar-refractivity contribution is 1.03. The Labute approximate surface area is 101 Å². The van der Waals surface area contributed by atoms with Crippen LogP contribution in [0.25, 0.3) is 5.65 Å². The molecule has 0 aromatic carbocycles. The van der Waals surface area contributed by atoms with Gasteiger partial charge in [0.25, 0.3) is 7.28 Å². The Bertz CT molecular complexity index is 605. The predicted molar refractivity (Wildman–Crippen MR) is 67.0 cm³/mol. The van der Waals surface area contributed by atoms with E-state index in [1.807, 2.05) is 0 Å². The van der Waals surface area contributed by atoms with Gasteiger partial charge >= 0.3 is 0 Å². The van der Waals surface area contributed by atoms with Crippen LogP contribution in [-0.4, -0.2) is 16.7 Å². The molecule has 2 aromatic rings. The molecule has 0 N–H and O–H groups in total. The Balaban J connectivity index is 2.03. The smallest absolute Gasteiger partial charge is 0.261 e. The summed E-state index contributed by atoms with van der Waals surface area (Å²) in [6.07, 6.45) is 5.45. The van der Waals surface area contributed by atoms with Gasteiger partial charge in [0, 0.05) is 11.9 Å². The third-order valence-electron chi connectivity index (χ3n) is 3.41. The van der Waals surface area contributed by atoms with Gasteiger partial charge in [-0.1, -0.05) is 6.07 Å². The van der Waals surface area contributed by atoms with Crippen LogP contribution in [0.15, 0.2) is 18.3 Å². The first-order valence-corrected chi connectivity index (χ1v) is 5.98. The van der Waals surface area contributed by atoms with Crippen molar-refractivity contribution in [2.75, 3.05) is 0 Å². The molecular formula is C13H13BN3. The van der Waals surface area contributed by atoms with E-state index in [1.54, 1.807) is 7.28 Å². The van der Waals surface area contributed by atoms with Crippen LogP contribution >= 0.6 is 0 Å². The average Bonchev–Trinajstić information content (AvgIpc) is 3.14. The molecule has 83 valence electrons. The molecule has 0 unspecified atom stereocenters. The summed E-state index contributed by atoms with van der Waals surface area (Å²) in [5.41, 5.74) is 4.54. The molecule has 3 nitrogen and oxygen atoms in total. The van der Waals surface area contributed by atoms with E-state index in [0.717, 1.165) is 23.0 Å². The minimum absolute atomic E-state index is 0.628. The summed E-state index contributed by atoms with van der Waals surface area (Å²) in [6.45, 7) is 2.07. The number of rotatable bonds is 3. The van der Waals surface area contributed by atoms with Crippen molar-refractivity contribution < 1.29 is 0 Å². The van der Waals surface area contributed by atoms with Crippen LogP contribution in [0.3, 0.4) is 0 Å². The van der Waals surface area contributed by atoms with Crippen LogP contribution in [-0.2, 0) is 6.32 Å². The first-order chi connectivity index (χ1) is 8.29. The van der Waals surface area contributed by atoms with Crippen LogP contribution < -0.4 is 0 Å². The molecule has 2 heterocycles. The summed E-state index contributed by atoms with van der Waals surface area (Å²) < 4.78 is 2.15. The molecule has 1 radical (unpaired) electrons. The maximum atomic E-state index is 8.58. The number of hydrogen-bond donors (Lipinski definition) is 0. The Morgan fingerprint density at radius 2 is 2.35 bits per heavy atom. The molecule has 0 atom stereocenters. The molecule has 0 aliphatic heterocycles. The monoisotopic (exact) mass is 222 g/mol. The van der Waals surface area contributed by atoms with Crippen LogP contribution in [0.1, 0.15) is 35.7 Å². The summed E-state index contributed by atoms with van der Waals surface area (Å²) in [5.74, 6) is 2.81. The van der Waals surface area contributed by atoms with Crippen molar-refractivity contribution in [1.82, 2.24) is 9.38 Å². The van der Waals surface area contributed by atoms with Crippen molar-refractivity contribution in [1.29, 1.82) is 5.26 Å². The molecule has 0 spiro atoms. The summed E-state index contributed by atoms with van der Waals surface area (Å²) in [5, 5.41) is 8.58. The normalized spacial score (nSPS) is 14.8. The van der Waals surface area contributed by atoms with Crippen LogP contribution in [0, 0.1) is 18.2 Å². The van der Waals surface area contributed by atoms with E-state index in [-0.39, 0.29) is 0 Å². The first-order valence-electron chi connectivity index (χ1n) is 5.98.